The Morgan fingerprint density at radius 3 is 2.47 bits per heavy atom. The number of carbonyl (C=O) groups is 1. The highest BCUT2D eigenvalue weighted by Crippen LogP contribution is 2.13. The summed E-state index contributed by atoms with van der Waals surface area (Å²) in [5, 5.41) is 8.38. The number of carboxylic acids is 1. The van der Waals surface area contributed by atoms with Gasteiger partial charge in [0.25, 0.3) is 10.2 Å². The van der Waals surface area contributed by atoms with Crippen LogP contribution in [0.3, 0.4) is 0 Å². The standard InChI is InChI=1S/C8H15F3N2O5S/c1-13(4-2-7(14)15)19(16,17)12-3-5-18-6-8(9,10)11/h12H,2-6H2,1H3,(H,14,15). The average molecular weight is 308 g/mol. The summed E-state index contributed by atoms with van der Waals surface area (Å²) in [5.74, 6) is -1.16. The molecule has 0 aliphatic heterocycles. The number of aliphatic carboxylic acids is 1. The molecule has 11 heteroatoms. The van der Waals surface area contributed by atoms with Crippen molar-refractivity contribution in [1.82, 2.24) is 9.03 Å². The van der Waals surface area contributed by atoms with Gasteiger partial charge in [-0.25, -0.2) is 0 Å². The van der Waals surface area contributed by atoms with Crippen molar-refractivity contribution in [3.63, 3.8) is 0 Å². The van der Waals surface area contributed by atoms with Crippen LogP contribution in [-0.2, 0) is 19.7 Å². The van der Waals surface area contributed by atoms with E-state index in [4.69, 9.17) is 5.11 Å². The highest BCUT2D eigenvalue weighted by molar-refractivity contribution is 7.87. The molecule has 114 valence electrons. The van der Waals surface area contributed by atoms with Crippen LogP contribution in [0.4, 0.5) is 13.2 Å². The smallest absolute Gasteiger partial charge is 0.411 e. The fraction of sp³-hybridized carbons (Fsp3) is 0.875. The fourth-order valence-electron chi connectivity index (χ4n) is 0.914. The molecule has 0 spiro atoms. The molecule has 0 aliphatic rings. The molecule has 0 fully saturated rings. The molecule has 0 aliphatic carbocycles. The maximum atomic E-state index is 11.7. The van der Waals surface area contributed by atoms with E-state index in [2.05, 4.69) is 4.74 Å². The van der Waals surface area contributed by atoms with Crippen LogP contribution in [0.25, 0.3) is 0 Å². The molecule has 0 radical (unpaired) electrons. The van der Waals surface area contributed by atoms with Crippen molar-refractivity contribution >= 4 is 16.2 Å². The van der Waals surface area contributed by atoms with Crippen molar-refractivity contribution in [3.8, 4) is 0 Å². The molecule has 0 aromatic carbocycles. The molecule has 0 saturated carbocycles. The van der Waals surface area contributed by atoms with Gasteiger partial charge in [-0.2, -0.15) is 30.6 Å². The van der Waals surface area contributed by atoms with Crippen molar-refractivity contribution in [2.75, 3.05) is 33.4 Å². The largest absolute Gasteiger partial charge is 0.481 e. The number of alkyl halides is 3. The molecular weight excluding hydrogens is 293 g/mol. The predicted octanol–water partition coefficient (Wildman–Crippen LogP) is -0.194. The molecule has 0 amide bonds. The fourth-order valence-corrected chi connectivity index (χ4v) is 1.81. The van der Waals surface area contributed by atoms with E-state index in [-0.39, 0.29) is 19.5 Å². The Morgan fingerprint density at radius 1 is 1.42 bits per heavy atom. The average Bonchev–Trinajstić information content (AvgIpc) is 2.23. The van der Waals surface area contributed by atoms with Crippen molar-refractivity contribution in [3.05, 3.63) is 0 Å². The first-order chi connectivity index (χ1) is 8.54. The summed E-state index contributed by atoms with van der Waals surface area (Å²) >= 11 is 0. The van der Waals surface area contributed by atoms with Crippen LogP contribution in [0.15, 0.2) is 0 Å². The normalized spacial score (nSPS) is 12.9. The highest BCUT2D eigenvalue weighted by atomic mass is 32.2. The van der Waals surface area contributed by atoms with Gasteiger partial charge in [0.2, 0.25) is 0 Å². The molecular formula is C8H15F3N2O5S. The number of carboxylic acid groups (broad SMARTS) is 1. The molecule has 0 aromatic heterocycles. The zero-order valence-corrected chi connectivity index (χ0v) is 10.9. The van der Waals surface area contributed by atoms with E-state index >= 15 is 0 Å². The quantitative estimate of drug-likeness (QED) is 0.575. The number of nitrogens with one attached hydrogen (secondary N) is 1. The second-order valence-corrected chi connectivity index (χ2v) is 5.39. The minimum Gasteiger partial charge on any atom is -0.481 e. The SMILES string of the molecule is CN(CCC(=O)O)S(=O)(=O)NCCOCC(F)(F)F. The summed E-state index contributed by atoms with van der Waals surface area (Å²) in [6.07, 6.45) is -4.83. The highest BCUT2D eigenvalue weighted by Gasteiger charge is 2.27. The molecule has 7 nitrogen and oxygen atoms in total. The third kappa shape index (κ3) is 9.64. The van der Waals surface area contributed by atoms with E-state index in [1.165, 1.54) is 0 Å². The van der Waals surface area contributed by atoms with Gasteiger partial charge in [0.1, 0.15) is 6.61 Å². The summed E-state index contributed by atoms with van der Waals surface area (Å²) in [5.41, 5.74) is 0. The van der Waals surface area contributed by atoms with Gasteiger partial charge in [-0.1, -0.05) is 0 Å². The van der Waals surface area contributed by atoms with Gasteiger partial charge in [0.15, 0.2) is 0 Å². The number of hydrogen-bond acceptors (Lipinski definition) is 4. The molecule has 0 atom stereocenters. The zero-order valence-electron chi connectivity index (χ0n) is 10.1. The van der Waals surface area contributed by atoms with Crippen molar-refractivity contribution in [2.24, 2.45) is 0 Å². The first-order valence-corrected chi connectivity index (χ1v) is 6.56. The van der Waals surface area contributed by atoms with Gasteiger partial charge >= 0.3 is 12.1 Å². The van der Waals surface area contributed by atoms with Gasteiger partial charge < -0.3 is 9.84 Å². The number of halogens is 3. The number of hydrogen-bond donors (Lipinski definition) is 2. The topological polar surface area (TPSA) is 95.9 Å². The summed E-state index contributed by atoms with van der Waals surface area (Å²) in [4.78, 5) is 10.3. The second kappa shape index (κ2) is 7.62. The zero-order chi connectivity index (χ0) is 15.1. The van der Waals surface area contributed by atoms with E-state index in [1.807, 2.05) is 4.72 Å². The molecule has 2 N–H and O–H groups in total. The number of rotatable bonds is 9. The Kier molecular flexibility index (Phi) is 7.26. The van der Waals surface area contributed by atoms with Crippen LogP contribution in [0.1, 0.15) is 6.42 Å². The maximum Gasteiger partial charge on any atom is 0.411 e. The molecule has 0 saturated heterocycles. The van der Waals surface area contributed by atoms with Gasteiger partial charge in [-0.15, -0.1) is 0 Å². The van der Waals surface area contributed by atoms with E-state index in [0.717, 1.165) is 11.4 Å². The lowest BCUT2D eigenvalue weighted by atomic mass is 10.4. The molecule has 19 heavy (non-hydrogen) atoms. The lowest BCUT2D eigenvalue weighted by Crippen LogP contribution is -2.40. The molecule has 0 aromatic rings. The van der Waals surface area contributed by atoms with Gasteiger partial charge in [0.05, 0.1) is 13.0 Å². The van der Waals surface area contributed by atoms with Crippen LogP contribution < -0.4 is 4.72 Å². The Morgan fingerprint density at radius 2 is 2.00 bits per heavy atom. The first-order valence-electron chi connectivity index (χ1n) is 5.12. The van der Waals surface area contributed by atoms with Crippen molar-refractivity contribution < 1.29 is 36.2 Å². The summed E-state index contributed by atoms with van der Waals surface area (Å²) < 4.78 is 64.9. The molecule has 0 heterocycles. The third-order valence-corrected chi connectivity index (χ3v) is 3.42. The van der Waals surface area contributed by atoms with Crippen molar-refractivity contribution in [2.45, 2.75) is 12.6 Å². The van der Waals surface area contributed by atoms with Gasteiger partial charge in [-0.05, 0) is 0 Å². The third-order valence-electron chi connectivity index (χ3n) is 1.85. The Bertz CT molecular complexity index is 384. The minimum absolute atomic E-state index is 0.242. The van der Waals surface area contributed by atoms with Crippen LogP contribution in [-0.4, -0.2) is 63.3 Å². The summed E-state index contributed by atoms with van der Waals surface area (Å²) in [6, 6.07) is 0. The lowest BCUT2D eigenvalue weighted by Gasteiger charge is -2.16. The van der Waals surface area contributed by atoms with Crippen LogP contribution in [0.2, 0.25) is 0 Å². The van der Waals surface area contributed by atoms with Crippen LogP contribution in [0, 0.1) is 0 Å². The Hall–Kier alpha value is -0.910. The Balaban J connectivity index is 3.94. The maximum absolute atomic E-state index is 11.7. The molecule has 0 bridgehead atoms. The molecule has 0 unspecified atom stereocenters. The number of ether oxygens (including phenoxy) is 1. The van der Waals surface area contributed by atoms with Crippen LogP contribution in [0.5, 0.6) is 0 Å². The number of nitrogens with zero attached hydrogens (tertiary/aromatic N) is 1. The van der Waals surface area contributed by atoms with Crippen molar-refractivity contribution in [1.29, 1.82) is 0 Å². The van der Waals surface area contributed by atoms with E-state index in [0.29, 0.717) is 0 Å². The van der Waals surface area contributed by atoms with E-state index in [1.54, 1.807) is 0 Å². The molecule has 0 rings (SSSR count). The predicted molar refractivity (Wildman–Crippen MR) is 58.7 cm³/mol. The summed E-state index contributed by atoms with van der Waals surface area (Å²) in [6.45, 7) is -2.47. The monoisotopic (exact) mass is 308 g/mol. The second-order valence-electron chi connectivity index (χ2n) is 3.53. The van der Waals surface area contributed by atoms with E-state index in [9.17, 15) is 26.4 Å². The Labute approximate surface area is 108 Å². The lowest BCUT2D eigenvalue weighted by molar-refractivity contribution is -0.173. The van der Waals surface area contributed by atoms with E-state index < -0.39 is 35.6 Å². The van der Waals surface area contributed by atoms with Gasteiger partial charge in [0, 0.05) is 20.1 Å². The minimum atomic E-state index is -4.46. The van der Waals surface area contributed by atoms with Crippen LogP contribution >= 0.6 is 0 Å². The summed E-state index contributed by atoms with van der Waals surface area (Å²) in [7, 11) is -2.76. The van der Waals surface area contributed by atoms with Gasteiger partial charge in [-0.3, -0.25) is 4.79 Å². The first kappa shape index (κ1) is 18.1.